The second kappa shape index (κ2) is 12.2. The van der Waals surface area contributed by atoms with Gasteiger partial charge in [0.25, 0.3) is 0 Å². The molecule has 0 aromatic heterocycles. The van der Waals surface area contributed by atoms with Crippen LogP contribution in [0, 0.1) is 0 Å². The molecule has 0 amide bonds. The van der Waals surface area contributed by atoms with Gasteiger partial charge >= 0.3 is 0 Å². The van der Waals surface area contributed by atoms with Crippen molar-refractivity contribution in [2.45, 2.75) is 26.7 Å². The van der Waals surface area contributed by atoms with Crippen molar-refractivity contribution in [1.29, 1.82) is 0 Å². The number of hydrogen-bond donors (Lipinski definition) is 2. The predicted molar refractivity (Wildman–Crippen MR) is 67.6 cm³/mol. The van der Waals surface area contributed by atoms with E-state index in [4.69, 9.17) is 9.94 Å². The summed E-state index contributed by atoms with van der Waals surface area (Å²) in [7, 11) is 0. The fourth-order valence-electron chi connectivity index (χ4n) is 1.20. The summed E-state index contributed by atoms with van der Waals surface area (Å²) in [6.07, 6.45) is 12.5. The second-order valence-electron chi connectivity index (χ2n) is 3.38. The molecule has 0 saturated heterocycles. The molecule has 0 aliphatic heterocycles. The summed E-state index contributed by atoms with van der Waals surface area (Å²) in [6.45, 7) is 5.79. The van der Waals surface area contributed by atoms with E-state index in [-0.39, 0.29) is 0 Å². The maximum Gasteiger partial charge on any atom is 0.0651 e. The Hall–Kier alpha value is -0.900. The van der Waals surface area contributed by atoms with Gasteiger partial charge in [0, 0.05) is 6.54 Å². The zero-order valence-corrected chi connectivity index (χ0v) is 10.3. The Morgan fingerprint density at radius 2 is 2.19 bits per heavy atom. The molecule has 0 atom stereocenters. The Bertz CT molecular complexity index is 232. The lowest BCUT2D eigenvalue weighted by atomic mass is 10.1. The summed E-state index contributed by atoms with van der Waals surface area (Å²) in [6, 6.07) is 0. The molecular weight excluding hydrogens is 202 g/mol. The molecule has 0 aliphatic rings. The monoisotopic (exact) mass is 225 g/mol. The van der Waals surface area contributed by atoms with Gasteiger partial charge in [0.1, 0.15) is 0 Å². The average molecular weight is 225 g/mol. The lowest BCUT2D eigenvalue weighted by Crippen LogP contribution is -2.14. The quantitative estimate of drug-likeness (QED) is 0.360. The third kappa shape index (κ3) is 9.65. The molecule has 0 bridgehead atoms. The van der Waals surface area contributed by atoms with Crippen LogP contribution in [-0.4, -0.2) is 25.0 Å². The van der Waals surface area contributed by atoms with Crippen molar-refractivity contribution >= 4 is 0 Å². The first-order valence-electron chi connectivity index (χ1n) is 5.78. The van der Waals surface area contributed by atoms with E-state index in [2.05, 4.69) is 26.0 Å². The molecule has 0 saturated carbocycles. The standard InChI is InChI=1S/C13H23NO2/c1-3-8-13(4-2)9-6-5-7-11-16-12-10-14-15/h4-7,9,14-15H,3,8,10-12H2,1-2H3/b7-5-,9-6-,13-4-. The van der Waals surface area contributed by atoms with Crippen molar-refractivity contribution in [3.8, 4) is 0 Å². The molecule has 0 fully saturated rings. The van der Waals surface area contributed by atoms with Gasteiger partial charge in [0.05, 0.1) is 13.2 Å². The van der Waals surface area contributed by atoms with E-state index in [1.54, 1.807) is 0 Å². The topological polar surface area (TPSA) is 41.5 Å². The first-order chi connectivity index (χ1) is 7.85. The smallest absolute Gasteiger partial charge is 0.0651 e. The largest absolute Gasteiger partial charge is 0.376 e. The van der Waals surface area contributed by atoms with E-state index in [1.165, 1.54) is 12.0 Å². The summed E-state index contributed by atoms with van der Waals surface area (Å²) in [5.74, 6) is 0. The van der Waals surface area contributed by atoms with Gasteiger partial charge in [0.15, 0.2) is 0 Å². The van der Waals surface area contributed by atoms with Gasteiger partial charge in [0.2, 0.25) is 0 Å². The van der Waals surface area contributed by atoms with E-state index in [0.717, 1.165) is 6.42 Å². The van der Waals surface area contributed by atoms with Crippen molar-refractivity contribution in [1.82, 2.24) is 5.48 Å². The van der Waals surface area contributed by atoms with Gasteiger partial charge in [-0.15, -0.1) is 0 Å². The summed E-state index contributed by atoms with van der Waals surface area (Å²) >= 11 is 0. The number of allylic oxidation sites excluding steroid dienone is 5. The number of hydrogen-bond acceptors (Lipinski definition) is 3. The van der Waals surface area contributed by atoms with Crippen LogP contribution in [0.4, 0.5) is 0 Å². The van der Waals surface area contributed by atoms with Crippen molar-refractivity contribution in [2.75, 3.05) is 19.8 Å². The first kappa shape index (κ1) is 15.1. The molecule has 2 N–H and O–H groups in total. The van der Waals surface area contributed by atoms with E-state index in [1.807, 2.05) is 23.7 Å². The minimum absolute atomic E-state index is 0.461. The maximum absolute atomic E-state index is 8.28. The summed E-state index contributed by atoms with van der Waals surface area (Å²) < 4.78 is 5.20. The molecule has 92 valence electrons. The van der Waals surface area contributed by atoms with E-state index < -0.39 is 0 Å². The predicted octanol–water partition coefficient (Wildman–Crippen LogP) is 2.84. The summed E-state index contributed by atoms with van der Waals surface area (Å²) in [5.41, 5.74) is 3.39. The van der Waals surface area contributed by atoms with Crippen molar-refractivity contribution in [3.63, 3.8) is 0 Å². The third-order valence-electron chi connectivity index (χ3n) is 2.04. The Morgan fingerprint density at radius 1 is 1.38 bits per heavy atom. The SMILES string of the molecule is C\C=C(/C=C\C=C/COCCNO)CCC. The molecule has 0 rings (SSSR count). The Balaban J connectivity index is 3.61. The molecule has 16 heavy (non-hydrogen) atoms. The highest BCUT2D eigenvalue weighted by Crippen LogP contribution is 2.05. The fourth-order valence-corrected chi connectivity index (χ4v) is 1.20. The minimum atomic E-state index is 0.461. The lowest BCUT2D eigenvalue weighted by molar-refractivity contribution is 0.104. The van der Waals surface area contributed by atoms with Crippen LogP contribution in [0.5, 0.6) is 0 Å². The number of rotatable bonds is 9. The number of ether oxygens (including phenoxy) is 1. The Labute approximate surface area is 98.5 Å². The molecule has 0 radical (unpaired) electrons. The molecule has 0 heterocycles. The molecule has 3 nitrogen and oxygen atoms in total. The normalized spacial score (nSPS) is 13.1. The van der Waals surface area contributed by atoms with Crippen LogP contribution in [0.15, 0.2) is 36.0 Å². The summed E-state index contributed by atoms with van der Waals surface area (Å²) in [5, 5.41) is 8.28. The zero-order chi connectivity index (χ0) is 12.1. The van der Waals surface area contributed by atoms with Crippen molar-refractivity contribution < 1.29 is 9.94 Å². The number of nitrogens with one attached hydrogen (secondary N) is 1. The van der Waals surface area contributed by atoms with Crippen LogP contribution in [0.3, 0.4) is 0 Å². The highest BCUT2D eigenvalue weighted by molar-refractivity contribution is 5.21. The summed E-state index contributed by atoms with van der Waals surface area (Å²) in [4.78, 5) is 0. The third-order valence-corrected chi connectivity index (χ3v) is 2.04. The minimum Gasteiger partial charge on any atom is -0.376 e. The van der Waals surface area contributed by atoms with Crippen LogP contribution in [0.2, 0.25) is 0 Å². The molecular formula is C13H23NO2. The van der Waals surface area contributed by atoms with Crippen LogP contribution in [-0.2, 0) is 4.74 Å². The van der Waals surface area contributed by atoms with Gasteiger partial charge in [-0.1, -0.05) is 49.3 Å². The molecule has 0 aromatic carbocycles. The van der Waals surface area contributed by atoms with Crippen LogP contribution < -0.4 is 5.48 Å². The Kier molecular flexibility index (Phi) is 11.5. The molecule has 0 aromatic rings. The molecule has 3 heteroatoms. The van der Waals surface area contributed by atoms with Gasteiger partial charge < -0.3 is 9.94 Å². The van der Waals surface area contributed by atoms with Crippen LogP contribution in [0.25, 0.3) is 0 Å². The van der Waals surface area contributed by atoms with Crippen LogP contribution >= 0.6 is 0 Å². The van der Waals surface area contributed by atoms with Crippen LogP contribution in [0.1, 0.15) is 26.7 Å². The molecule has 0 aliphatic carbocycles. The van der Waals surface area contributed by atoms with Gasteiger partial charge in [-0.2, -0.15) is 0 Å². The Morgan fingerprint density at radius 3 is 2.81 bits per heavy atom. The van der Waals surface area contributed by atoms with E-state index in [9.17, 15) is 0 Å². The van der Waals surface area contributed by atoms with Crippen molar-refractivity contribution in [2.24, 2.45) is 0 Å². The second-order valence-corrected chi connectivity index (χ2v) is 3.38. The van der Waals surface area contributed by atoms with Gasteiger partial charge in [-0.25, -0.2) is 5.48 Å². The average Bonchev–Trinajstić information content (AvgIpc) is 2.31. The van der Waals surface area contributed by atoms with E-state index in [0.29, 0.717) is 19.8 Å². The van der Waals surface area contributed by atoms with E-state index >= 15 is 0 Å². The highest BCUT2D eigenvalue weighted by Gasteiger charge is 1.86. The maximum atomic E-state index is 8.28. The van der Waals surface area contributed by atoms with Gasteiger partial charge in [-0.05, 0) is 13.3 Å². The first-order valence-corrected chi connectivity index (χ1v) is 5.78. The zero-order valence-electron chi connectivity index (χ0n) is 10.3. The highest BCUT2D eigenvalue weighted by atomic mass is 16.5. The number of hydroxylamine groups is 1. The van der Waals surface area contributed by atoms with Gasteiger partial charge in [-0.3, -0.25) is 0 Å². The lowest BCUT2D eigenvalue weighted by Gasteiger charge is -1.98. The van der Waals surface area contributed by atoms with Crippen molar-refractivity contribution in [3.05, 3.63) is 36.0 Å². The fraction of sp³-hybridized carbons (Fsp3) is 0.538. The molecule has 0 unspecified atom stereocenters. The molecule has 0 spiro atoms.